The minimum Gasteiger partial charge on any atom is -0.326 e. The molecule has 1 rings (SSSR count). The average Bonchev–Trinajstić information content (AvgIpc) is 2.03. The highest BCUT2D eigenvalue weighted by molar-refractivity contribution is 9.10. The van der Waals surface area contributed by atoms with E-state index in [4.69, 9.17) is 5.73 Å². The Morgan fingerprint density at radius 2 is 2.08 bits per heavy atom. The summed E-state index contributed by atoms with van der Waals surface area (Å²) in [6, 6.07) is 4.66. The third-order valence-electron chi connectivity index (χ3n) is 1.39. The van der Waals surface area contributed by atoms with Crippen LogP contribution >= 0.6 is 28.3 Å². The average molecular weight is 268 g/mol. The Balaban J connectivity index is 0.00000144. The van der Waals surface area contributed by atoms with Gasteiger partial charge in [-0.3, -0.25) is 10.1 Å². The Morgan fingerprint density at radius 1 is 1.46 bits per heavy atom. The monoisotopic (exact) mass is 266 g/mol. The summed E-state index contributed by atoms with van der Waals surface area (Å²) in [4.78, 5) is 9.92. The van der Waals surface area contributed by atoms with E-state index in [-0.39, 0.29) is 18.1 Å². The highest BCUT2D eigenvalue weighted by Gasteiger charge is 2.07. The summed E-state index contributed by atoms with van der Waals surface area (Å²) in [6.07, 6.45) is 0. The molecule has 6 heteroatoms. The van der Waals surface area contributed by atoms with Crippen LogP contribution in [0.2, 0.25) is 0 Å². The van der Waals surface area contributed by atoms with Gasteiger partial charge in [0, 0.05) is 23.2 Å². The van der Waals surface area contributed by atoms with Crippen molar-refractivity contribution in [3.05, 3.63) is 38.3 Å². The zero-order valence-electron chi connectivity index (χ0n) is 6.57. The first kappa shape index (κ1) is 12.3. The third kappa shape index (κ3) is 3.30. The van der Waals surface area contributed by atoms with Gasteiger partial charge < -0.3 is 5.73 Å². The normalized spacial score (nSPS) is 9.08. The molecule has 0 heterocycles. The molecule has 0 aromatic heterocycles. The number of hydrogen-bond acceptors (Lipinski definition) is 3. The molecule has 1 aromatic carbocycles. The van der Waals surface area contributed by atoms with E-state index in [0.29, 0.717) is 11.0 Å². The summed E-state index contributed by atoms with van der Waals surface area (Å²) in [7, 11) is 0. The summed E-state index contributed by atoms with van der Waals surface area (Å²) in [6.45, 7) is 0.306. The van der Waals surface area contributed by atoms with Gasteiger partial charge in [-0.2, -0.15) is 0 Å². The first-order valence-electron chi connectivity index (χ1n) is 3.27. The number of nitro benzene ring substituents is 1. The molecule has 0 bridgehead atoms. The number of non-ortho nitro benzene ring substituents is 1. The number of nitrogens with two attached hydrogens (primary N) is 1. The van der Waals surface area contributed by atoms with E-state index < -0.39 is 4.92 Å². The Labute approximate surface area is 89.8 Å². The van der Waals surface area contributed by atoms with Gasteiger partial charge >= 0.3 is 0 Å². The molecule has 0 aliphatic carbocycles. The molecule has 2 N–H and O–H groups in total. The third-order valence-corrected chi connectivity index (χ3v) is 1.85. The quantitative estimate of drug-likeness (QED) is 0.660. The molecule has 0 aliphatic heterocycles. The number of nitro groups is 1. The smallest absolute Gasteiger partial charge is 0.270 e. The lowest BCUT2D eigenvalue weighted by atomic mass is 10.2. The number of benzene rings is 1. The van der Waals surface area contributed by atoms with Crippen molar-refractivity contribution in [2.24, 2.45) is 5.73 Å². The van der Waals surface area contributed by atoms with Crippen LogP contribution in [0, 0.1) is 10.1 Å². The first-order valence-corrected chi connectivity index (χ1v) is 4.06. The van der Waals surface area contributed by atoms with Crippen LogP contribution in [-0.4, -0.2) is 4.92 Å². The Hall–Kier alpha value is -0.650. The molecule has 0 aliphatic rings. The van der Waals surface area contributed by atoms with E-state index in [0.717, 1.165) is 5.56 Å². The fourth-order valence-electron chi connectivity index (χ4n) is 0.857. The number of hydrogen-bond donors (Lipinski definition) is 1. The van der Waals surface area contributed by atoms with Gasteiger partial charge in [0.15, 0.2) is 0 Å². The van der Waals surface area contributed by atoms with E-state index in [1.54, 1.807) is 6.07 Å². The van der Waals surface area contributed by atoms with Gasteiger partial charge in [-0.05, 0) is 11.6 Å². The SMILES string of the molecule is Cl.NCc1cc(Br)cc([N+](=O)[O-])c1. The molecule has 13 heavy (non-hydrogen) atoms. The molecule has 0 radical (unpaired) electrons. The van der Waals surface area contributed by atoms with Crippen molar-refractivity contribution < 1.29 is 4.92 Å². The van der Waals surface area contributed by atoms with Gasteiger partial charge in [-0.1, -0.05) is 15.9 Å². The van der Waals surface area contributed by atoms with E-state index in [9.17, 15) is 10.1 Å². The summed E-state index contributed by atoms with van der Waals surface area (Å²) in [5.41, 5.74) is 6.15. The Bertz CT molecular complexity index is 319. The molecule has 0 unspecified atom stereocenters. The molecule has 1 aromatic rings. The second-order valence-corrected chi connectivity index (χ2v) is 3.19. The largest absolute Gasteiger partial charge is 0.326 e. The molecule has 0 saturated carbocycles. The van der Waals surface area contributed by atoms with E-state index >= 15 is 0 Å². The second-order valence-electron chi connectivity index (χ2n) is 2.28. The molecular formula is C7H8BrClN2O2. The second kappa shape index (κ2) is 5.16. The minimum atomic E-state index is -0.441. The molecule has 72 valence electrons. The minimum absolute atomic E-state index is 0. The van der Waals surface area contributed by atoms with E-state index in [1.807, 2.05) is 0 Å². The van der Waals surface area contributed by atoms with Gasteiger partial charge in [0.2, 0.25) is 0 Å². The molecular weight excluding hydrogens is 259 g/mol. The predicted octanol–water partition coefficient (Wildman–Crippen LogP) is 2.24. The van der Waals surface area contributed by atoms with Crippen LogP contribution < -0.4 is 5.73 Å². The number of halogens is 2. The van der Waals surface area contributed by atoms with E-state index in [2.05, 4.69) is 15.9 Å². The van der Waals surface area contributed by atoms with Crippen molar-refractivity contribution in [3.8, 4) is 0 Å². The van der Waals surface area contributed by atoms with Crippen LogP contribution in [0.1, 0.15) is 5.56 Å². The summed E-state index contributed by atoms with van der Waals surface area (Å²) in [5, 5.41) is 10.4. The van der Waals surface area contributed by atoms with Crippen molar-refractivity contribution in [1.82, 2.24) is 0 Å². The lowest BCUT2D eigenvalue weighted by Gasteiger charge is -1.97. The first-order chi connectivity index (χ1) is 5.63. The highest BCUT2D eigenvalue weighted by Crippen LogP contribution is 2.20. The van der Waals surface area contributed by atoms with E-state index in [1.165, 1.54) is 12.1 Å². The molecule has 0 fully saturated rings. The number of nitrogens with zero attached hydrogens (tertiary/aromatic N) is 1. The van der Waals surface area contributed by atoms with Crippen molar-refractivity contribution in [2.45, 2.75) is 6.54 Å². The highest BCUT2D eigenvalue weighted by atomic mass is 79.9. The van der Waals surface area contributed by atoms with Crippen LogP contribution in [0.4, 0.5) is 5.69 Å². The van der Waals surface area contributed by atoms with Gasteiger partial charge in [0.05, 0.1) is 4.92 Å². The summed E-state index contributed by atoms with van der Waals surface area (Å²) in [5.74, 6) is 0. The predicted molar refractivity (Wildman–Crippen MR) is 55.9 cm³/mol. The maximum atomic E-state index is 10.4. The standard InChI is InChI=1S/C7H7BrN2O2.ClH/c8-6-1-5(4-9)2-7(3-6)10(11)12;/h1-3H,4,9H2;1H. The van der Waals surface area contributed by atoms with Crippen molar-refractivity contribution in [1.29, 1.82) is 0 Å². The summed E-state index contributed by atoms with van der Waals surface area (Å²) >= 11 is 3.16. The molecule has 0 spiro atoms. The number of rotatable bonds is 2. The Kier molecular flexibility index (Phi) is 4.90. The van der Waals surface area contributed by atoms with Gasteiger partial charge in [0.25, 0.3) is 5.69 Å². The molecule has 0 amide bonds. The van der Waals surface area contributed by atoms with Gasteiger partial charge in [-0.15, -0.1) is 12.4 Å². The van der Waals surface area contributed by atoms with Crippen molar-refractivity contribution in [2.75, 3.05) is 0 Å². The fraction of sp³-hybridized carbons (Fsp3) is 0.143. The van der Waals surface area contributed by atoms with Crippen molar-refractivity contribution >= 4 is 34.0 Å². The van der Waals surface area contributed by atoms with Crippen molar-refractivity contribution in [3.63, 3.8) is 0 Å². The maximum absolute atomic E-state index is 10.4. The lowest BCUT2D eigenvalue weighted by molar-refractivity contribution is -0.385. The van der Waals surface area contributed by atoms with Crippen LogP contribution in [0.3, 0.4) is 0 Å². The lowest BCUT2D eigenvalue weighted by Crippen LogP contribution is -1.97. The van der Waals surface area contributed by atoms with Crippen LogP contribution in [0.15, 0.2) is 22.7 Å². The molecule has 0 saturated heterocycles. The summed E-state index contributed by atoms with van der Waals surface area (Å²) < 4.78 is 0.678. The molecule has 4 nitrogen and oxygen atoms in total. The maximum Gasteiger partial charge on any atom is 0.270 e. The van der Waals surface area contributed by atoms with Crippen LogP contribution in [-0.2, 0) is 6.54 Å². The Morgan fingerprint density at radius 3 is 2.54 bits per heavy atom. The van der Waals surface area contributed by atoms with Crippen LogP contribution in [0.5, 0.6) is 0 Å². The molecule has 0 atom stereocenters. The topological polar surface area (TPSA) is 69.2 Å². The van der Waals surface area contributed by atoms with Gasteiger partial charge in [0.1, 0.15) is 0 Å². The zero-order chi connectivity index (χ0) is 9.14. The zero-order valence-corrected chi connectivity index (χ0v) is 8.97. The fourth-order valence-corrected chi connectivity index (χ4v) is 1.39. The van der Waals surface area contributed by atoms with Crippen LogP contribution in [0.25, 0.3) is 0 Å². The van der Waals surface area contributed by atoms with Gasteiger partial charge in [-0.25, -0.2) is 0 Å².